The van der Waals surface area contributed by atoms with Crippen molar-refractivity contribution in [2.45, 2.75) is 26.4 Å². The van der Waals surface area contributed by atoms with Gasteiger partial charge in [0.05, 0.1) is 13.2 Å². The molecule has 1 N–H and O–H groups in total. The lowest BCUT2D eigenvalue weighted by Gasteiger charge is -2.14. The van der Waals surface area contributed by atoms with Crippen molar-refractivity contribution in [2.24, 2.45) is 0 Å². The first-order valence-corrected chi connectivity index (χ1v) is 6.59. The van der Waals surface area contributed by atoms with Crippen LogP contribution in [0.3, 0.4) is 0 Å². The summed E-state index contributed by atoms with van der Waals surface area (Å²) in [6.45, 7) is 3.96. The van der Waals surface area contributed by atoms with Gasteiger partial charge in [-0.2, -0.15) is 0 Å². The molecule has 20 heavy (non-hydrogen) atoms. The minimum absolute atomic E-state index is 0.204. The molecule has 0 aromatic heterocycles. The van der Waals surface area contributed by atoms with Gasteiger partial charge in [0, 0.05) is 6.42 Å². The van der Waals surface area contributed by atoms with Crippen LogP contribution in [0.5, 0.6) is 5.75 Å². The Morgan fingerprint density at radius 1 is 1.15 bits per heavy atom. The van der Waals surface area contributed by atoms with Gasteiger partial charge in [0.25, 0.3) is 0 Å². The van der Waals surface area contributed by atoms with E-state index in [0.29, 0.717) is 5.56 Å². The van der Waals surface area contributed by atoms with E-state index in [9.17, 15) is 9.50 Å². The van der Waals surface area contributed by atoms with E-state index in [1.165, 1.54) is 7.11 Å². The molecule has 0 bridgehead atoms. The standard InChI is InChI=1S/C17H19FO2/c1-11-7-12(2)9-14(8-11)15(19)10-13-5-4-6-16(20-3)17(13)18/h4-9,15,19H,10H2,1-3H3. The smallest absolute Gasteiger partial charge is 0.168 e. The predicted octanol–water partition coefficient (Wildman–Crippen LogP) is 3.73. The maximum absolute atomic E-state index is 14.1. The second kappa shape index (κ2) is 6.06. The van der Waals surface area contributed by atoms with E-state index in [4.69, 9.17) is 4.74 Å². The van der Waals surface area contributed by atoms with Crippen LogP contribution >= 0.6 is 0 Å². The maximum Gasteiger partial charge on any atom is 0.168 e. The van der Waals surface area contributed by atoms with E-state index in [0.717, 1.165) is 16.7 Å². The molecule has 2 aromatic rings. The molecule has 1 unspecified atom stereocenters. The van der Waals surface area contributed by atoms with Crippen molar-refractivity contribution >= 4 is 0 Å². The Morgan fingerprint density at radius 2 is 1.80 bits per heavy atom. The number of rotatable bonds is 4. The normalized spacial score (nSPS) is 12.2. The largest absolute Gasteiger partial charge is 0.494 e. The van der Waals surface area contributed by atoms with Crippen LogP contribution in [0.25, 0.3) is 0 Å². The van der Waals surface area contributed by atoms with Crippen LogP contribution in [0.1, 0.15) is 28.4 Å². The van der Waals surface area contributed by atoms with Crippen molar-refractivity contribution in [3.8, 4) is 5.75 Å². The van der Waals surface area contributed by atoms with E-state index in [-0.39, 0.29) is 12.2 Å². The summed E-state index contributed by atoms with van der Waals surface area (Å²) in [5, 5.41) is 10.3. The highest BCUT2D eigenvalue weighted by Crippen LogP contribution is 2.26. The third-order valence-electron chi connectivity index (χ3n) is 3.31. The molecule has 0 saturated heterocycles. The summed E-state index contributed by atoms with van der Waals surface area (Å²) in [6.07, 6.45) is -0.499. The molecular weight excluding hydrogens is 255 g/mol. The summed E-state index contributed by atoms with van der Waals surface area (Å²) in [6, 6.07) is 10.9. The van der Waals surface area contributed by atoms with Crippen molar-refractivity contribution in [3.63, 3.8) is 0 Å². The van der Waals surface area contributed by atoms with Gasteiger partial charge in [0.2, 0.25) is 0 Å². The molecule has 2 nitrogen and oxygen atoms in total. The molecular formula is C17H19FO2. The van der Waals surface area contributed by atoms with Crippen LogP contribution in [-0.4, -0.2) is 12.2 Å². The zero-order chi connectivity index (χ0) is 14.7. The number of aryl methyl sites for hydroxylation is 2. The van der Waals surface area contributed by atoms with E-state index in [1.54, 1.807) is 18.2 Å². The lowest BCUT2D eigenvalue weighted by molar-refractivity contribution is 0.176. The van der Waals surface area contributed by atoms with Crippen molar-refractivity contribution in [1.82, 2.24) is 0 Å². The van der Waals surface area contributed by atoms with Gasteiger partial charge < -0.3 is 9.84 Å². The first-order chi connectivity index (χ1) is 9.51. The minimum Gasteiger partial charge on any atom is -0.494 e. The molecule has 1 atom stereocenters. The molecule has 3 heteroatoms. The predicted molar refractivity (Wildman–Crippen MR) is 77.5 cm³/mol. The molecule has 0 radical (unpaired) electrons. The monoisotopic (exact) mass is 274 g/mol. The Balaban J connectivity index is 2.25. The lowest BCUT2D eigenvalue weighted by atomic mass is 9.98. The molecule has 2 rings (SSSR count). The van der Waals surface area contributed by atoms with E-state index in [2.05, 4.69) is 0 Å². The number of halogens is 1. The topological polar surface area (TPSA) is 29.5 Å². The highest BCUT2D eigenvalue weighted by Gasteiger charge is 2.14. The van der Waals surface area contributed by atoms with Gasteiger partial charge in [0.15, 0.2) is 11.6 Å². The van der Waals surface area contributed by atoms with Crippen LogP contribution in [-0.2, 0) is 6.42 Å². The van der Waals surface area contributed by atoms with Crippen molar-refractivity contribution < 1.29 is 14.2 Å². The number of ether oxygens (including phenoxy) is 1. The number of benzene rings is 2. The van der Waals surface area contributed by atoms with Gasteiger partial charge in [-0.15, -0.1) is 0 Å². The van der Waals surface area contributed by atoms with Gasteiger partial charge in [-0.3, -0.25) is 0 Å². The molecule has 0 aliphatic carbocycles. The Kier molecular flexibility index (Phi) is 4.40. The first-order valence-electron chi connectivity index (χ1n) is 6.59. The second-order valence-electron chi connectivity index (χ2n) is 5.07. The fourth-order valence-corrected chi connectivity index (χ4v) is 2.40. The summed E-state index contributed by atoms with van der Waals surface area (Å²) in [5.41, 5.74) is 3.44. The zero-order valence-corrected chi connectivity index (χ0v) is 12.0. The SMILES string of the molecule is COc1cccc(CC(O)c2cc(C)cc(C)c2)c1F. The maximum atomic E-state index is 14.1. The van der Waals surface area contributed by atoms with Gasteiger partial charge in [-0.1, -0.05) is 41.5 Å². The highest BCUT2D eigenvalue weighted by atomic mass is 19.1. The third-order valence-corrected chi connectivity index (χ3v) is 3.31. The van der Waals surface area contributed by atoms with Crippen molar-refractivity contribution in [3.05, 3.63) is 64.5 Å². The summed E-state index contributed by atoms with van der Waals surface area (Å²) >= 11 is 0. The fourth-order valence-electron chi connectivity index (χ4n) is 2.40. The van der Waals surface area contributed by atoms with Gasteiger partial charge in [0.1, 0.15) is 0 Å². The fraction of sp³-hybridized carbons (Fsp3) is 0.294. The number of hydrogen-bond donors (Lipinski definition) is 1. The van der Waals surface area contributed by atoms with Gasteiger partial charge in [-0.25, -0.2) is 4.39 Å². The summed E-state index contributed by atoms with van der Waals surface area (Å²) in [4.78, 5) is 0. The van der Waals surface area contributed by atoms with Crippen LogP contribution < -0.4 is 4.74 Å². The Bertz CT molecular complexity index is 588. The van der Waals surface area contributed by atoms with Crippen LogP contribution in [0.15, 0.2) is 36.4 Å². The second-order valence-corrected chi connectivity index (χ2v) is 5.07. The summed E-state index contributed by atoms with van der Waals surface area (Å²) in [7, 11) is 1.43. The Labute approximate surface area is 118 Å². The summed E-state index contributed by atoms with van der Waals surface area (Å²) < 4.78 is 19.0. The molecule has 0 fully saturated rings. The summed E-state index contributed by atoms with van der Waals surface area (Å²) in [5.74, 6) is -0.200. The van der Waals surface area contributed by atoms with Crippen molar-refractivity contribution in [2.75, 3.05) is 7.11 Å². The molecule has 0 saturated carbocycles. The molecule has 0 spiro atoms. The first kappa shape index (κ1) is 14.5. The third kappa shape index (κ3) is 3.17. The molecule has 0 aliphatic heterocycles. The quantitative estimate of drug-likeness (QED) is 0.920. The van der Waals surface area contributed by atoms with Crippen LogP contribution in [0.2, 0.25) is 0 Å². The highest BCUT2D eigenvalue weighted by molar-refractivity contribution is 5.34. The molecule has 0 aliphatic rings. The van der Waals surface area contributed by atoms with Crippen LogP contribution in [0.4, 0.5) is 4.39 Å². The van der Waals surface area contributed by atoms with Crippen molar-refractivity contribution in [1.29, 1.82) is 0 Å². The molecule has 2 aromatic carbocycles. The number of aliphatic hydroxyl groups is 1. The van der Waals surface area contributed by atoms with E-state index in [1.807, 2.05) is 32.0 Å². The average molecular weight is 274 g/mol. The number of hydrogen-bond acceptors (Lipinski definition) is 2. The van der Waals surface area contributed by atoms with Gasteiger partial charge in [-0.05, 0) is 31.0 Å². The van der Waals surface area contributed by atoms with E-state index >= 15 is 0 Å². The molecule has 0 heterocycles. The number of aliphatic hydroxyl groups excluding tert-OH is 1. The zero-order valence-electron chi connectivity index (χ0n) is 12.0. The average Bonchev–Trinajstić information content (AvgIpc) is 2.40. The Hall–Kier alpha value is -1.87. The minimum atomic E-state index is -0.727. The molecule has 106 valence electrons. The molecule has 0 amide bonds. The van der Waals surface area contributed by atoms with Crippen LogP contribution in [0, 0.1) is 19.7 Å². The lowest BCUT2D eigenvalue weighted by Crippen LogP contribution is -2.05. The van der Waals surface area contributed by atoms with Gasteiger partial charge >= 0.3 is 0 Å². The number of methoxy groups -OCH3 is 1. The van der Waals surface area contributed by atoms with E-state index < -0.39 is 11.9 Å². The Morgan fingerprint density at radius 3 is 2.40 bits per heavy atom.